The number of amides is 1. The fourth-order valence-electron chi connectivity index (χ4n) is 2.55. The van der Waals surface area contributed by atoms with Crippen molar-refractivity contribution in [2.45, 2.75) is 24.8 Å². The van der Waals surface area contributed by atoms with Gasteiger partial charge in [-0.25, -0.2) is 17.5 Å². The second kappa shape index (κ2) is 10.1. The van der Waals surface area contributed by atoms with Gasteiger partial charge >= 0.3 is 5.97 Å². The van der Waals surface area contributed by atoms with Gasteiger partial charge < -0.3 is 9.64 Å². The number of rotatable bonds is 9. The molecule has 0 saturated heterocycles. The summed E-state index contributed by atoms with van der Waals surface area (Å²) in [7, 11) is -2.64. The highest BCUT2D eigenvalue weighted by atomic mass is 32.2. The number of nitrogens with one attached hydrogen (secondary N) is 1. The topological polar surface area (TPSA) is 106 Å². The molecule has 0 saturated carbocycles. The number of pyridine rings is 1. The lowest BCUT2D eigenvalue weighted by Crippen LogP contribution is -2.33. The van der Waals surface area contributed by atoms with E-state index in [1.165, 1.54) is 11.9 Å². The van der Waals surface area contributed by atoms with E-state index in [9.17, 15) is 22.4 Å². The van der Waals surface area contributed by atoms with Crippen LogP contribution in [0.1, 0.15) is 29.3 Å². The van der Waals surface area contributed by atoms with Gasteiger partial charge in [0.25, 0.3) is 5.91 Å². The van der Waals surface area contributed by atoms with Crippen molar-refractivity contribution in [3.05, 3.63) is 59.7 Å². The van der Waals surface area contributed by atoms with Crippen molar-refractivity contribution in [3.63, 3.8) is 0 Å². The molecule has 29 heavy (non-hydrogen) atoms. The van der Waals surface area contributed by atoms with E-state index in [1.54, 1.807) is 31.5 Å². The van der Waals surface area contributed by atoms with Crippen LogP contribution >= 0.6 is 0 Å². The van der Waals surface area contributed by atoms with E-state index in [0.717, 1.165) is 18.2 Å². The smallest absolute Gasteiger partial charge is 0.307 e. The number of benzene rings is 1. The molecule has 0 aliphatic carbocycles. The summed E-state index contributed by atoms with van der Waals surface area (Å²) in [5, 5.41) is 0. The number of carbonyl (C=O) groups excluding carboxylic acids is 2. The molecule has 0 fully saturated rings. The lowest BCUT2D eigenvalue weighted by atomic mass is 10.1. The van der Waals surface area contributed by atoms with Crippen molar-refractivity contribution in [3.8, 4) is 0 Å². The summed E-state index contributed by atoms with van der Waals surface area (Å²) in [6.45, 7) is 1.90. The molecule has 0 bridgehead atoms. The van der Waals surface area contributed by atoms with Crippen LogP contribution in [0.3, 0.4) is 0 Å². The SMILES string of the molecule is CCOC(=O)CCN(Cc1cccnc1)C(=O)c1cc(S(=O)(=O)NC)ccc1F. The highest BCUT2D eigenvalue weighted by Gasteiger charge is 2.23. The van der Waals surface area contributed by atoms with Crippen molar-refractivity contribution >= 4 is 21.9 Å². The third kappa shape index (κ3) is 6.06. The highest BCUT2D eigenvalue weighted by Crippen LogP contribution is 2.18. The number of halogens is 1. The maximum atomic E-state index is 14.4. The van der Waals surface area contributed by atoms with Crippen LogP contribution in [0.5, 0.6) is 0 Å². The summed E-state index contributed by atoms with van der Waals surface area (Å²) in [5.41, 5.74) is 0.262. The minimum absolute atomic E-state index is 0.0327. The van der Waals surface area contributed by atoms with Crippen molar-refractivity contribution < 1.29 is 27.1 Å². The van der Waals surface area contributed by atoms with Crippen LogP contribution in [0.2, 0.25) is 0 Å². The summed E-state index contributed by atoms with van der Waals surface area (Å²) in [6.07, 6.45) is 3.03. The Labute approximate surface area is 168 Å². The average molecular weight is 423 g/mol. The first-order chi connectivity index (χ1) is 13.8. The second-order valence-corrected chi connectivity index (χ2v) is 7.88. The van der Waals surface area contributed by atoms with Gasteiger partial charge in [-0.05, 0) is 43.8 Å². The molecule has 0 spiro atoms. The molecule has 0 unspecified atom stereocenters. The van der Waals surface area contributed by atoms with E-state index in [0.29, 0.717) is 5.56 Å². The summed E-state index contributed by atoms with van der Waals surface area (Å²) < 4.78 is 45.4. The molecule has 0 radical (unpaired) electrons. The number of nitrogens with zero attached hydrogens (tertiary/aromatic N) is 2. The number of aromatic nitrogens is 1. The molecule has 2 aromatic rings. The van der Waals surface area contributed by atoms with Crippen LogP contribution in [0.4, 0.5) is 4.39 Å². The van der Waals surface area contributed by atoms with Gasteiger partial charge in [-0.3, -0.25) is 14.6 Å². The molecular formula is C19H22FN3O5S. The van der Waals surface area contributed by atoms with Gasteiger partial charge in [-0.1, -0.05) is 6.07 Å². The highest BCUT2D eigenvalue weighted by molar-refractivity contribution is 7.89. The molecule has 2 rings (SSSR count). The monoisotopic (exact) mass is 423 g/mol. The molecule has 1 aromatic carbocycles. The molecule has 156 valence electrons. The lowest BCUT2D eigenvalue weighted by Gasteiger charge is -2.23. The van der Waals surface area contributed by atoms with Crippen LogP contribution < -0.4 is 4.72 Å². The van der Waals surface area contributed by atoms with Crippen LogP contribution in [-0.2, 0) is 26.1 Å². The predicted octanol–water partition coefficient (Wildman–Crippen LogP) is 1.72. The van der Waals surface area contributed by atoms with Gasteiger partial charge in [-0.2, -0.15) is 0 Å². The predicted molar refractivity (Wildman–Crippen MR) is 103 cm³/mol. The molecule has 1 aromatic heterocycles. The zero-order chi connectivity index (χ0) is 21.4. The first kappa shape index (κ1) is 22.4. The first-order valence-corrected chi connectivity index (χ1v) is 10.3. The molecule has 1 amide bonds. The molecule has 0 aliphatic rings. The van der Waals surface area contributed by atoms with Crippen molar-refractivity contribution in [1.82, 2.24) is 14.6 Å². The Kier molecular flexibility index (Phi) is 7.80. The van der Waals surface area contributed by atoms with Gasteiger partial charge in [0.05, 0.1) is 23.5 Å². The quantitative estimate of drug-likeness (QED) is 0.616. The van der Waals surface area contributed by atoms with Gasteiger partial charge in [0.2, 0.25) is 10.0 Å². The fourth-order valence-corrected chi connectivity index (χ4v) is 3.30. The standard InChI is InChI=1S/C19H22FN3O5S/c1-3-28-18(24)8-10-23(13-14-5-4-9-22-12-14)19(25)16-11-15(6-7-17(16)20)29(26,27)21-2/h4-7,9,11-12,21H,3,8,10,13H2,1-2H3. The van der Waals surface area contributed by atoms with Gasteiger partial charge in [-0.15, -0.1) is 0 Å². The maximum Gasteiger partial charge on any atom is 0.307 e. The van der Waals surface area contributed by atoms with Crippen molar-refractivity contribution in [2.75, 3.05) is 20.2 Å². The number of ether oxygens (including phenoxy) is 1. The van der Waals surface area contributed by atoms with Crippen LogP contribution in [0.25, 0.3) is 0 Å². The molecule has 0 aliphatic heterocycles. The third-order valence-corrected chi connectivity index (χ3v) is 5.43. The van der Waals surface area contributed by atoms with Crippen LogP contribution in [0, 0.1) is 5.82 Å². The fraction of sp³-hybridized carbons (Fsp3) is 0.316. The molecule has 0 atom stereocenters. The number of esters is 1. The number of sulfonamides is 1. The van der Waals surface area contributed by atoms with Crippen LogP contribution in [0.15, 0.2) is 47.6 Å². The number of carbonyl (C=O) groups is 2. The molecule has 10 heteroatoms. The average Bonchev–Trinajstić information content (AvgIpc) is 2.71. The Balaban J connectivity index is 2.35. The Morgan fingerprint density at radius 1 is 1.28 bits per heavy atom. The van der Waals surface area contributed by atoms with Gasteiger partial charge in [0.1, 0.15) is 5.82 Å². The lowest BCUT2D eigenvalue weighted by molar-refractivity contribution is -0.143. The summed E-state index contributed by atoms with van der Waals surface area (Å²) in [5.74, 6) is -2.11. The van der Waals surface area contributed by atoms with E-state index in [4.69, 9.17) is 4.74 Å². The Hall–Kier alpha value is -2.85. The Morgan fingerprint density at radius 2 is 2.03 bits per heavy atom. The summed E-state index contributed by atoms with van der Waals surface area (Å²) >= 11 is 0. The molecule has 1 N–H and O–H groups in total. The zero-order valence-electron chi connectivity index (χ0n) is 16.1. The zero-order valence-corrected chi connectivity index (χ0v) is 16.9. The second-order valence-electron chi connectivity index (χ2n) is 5.99. The normalized spacial score (nSPS) is 11.1. The number of hydrogen-bond donors (Lipinski definition) is 1. The minimum atomic E-state index is -3.86. The van der Waals surface area contributed by atoms with E-state index in [2.05, 4.69) is 9.71 Å². The molecular weight excluding hydrogens is 401 g/mol. The van der Waals surface area contributed by atoms with Gasteiger partial charge in [0.15, 0.2) is 0 Å². The Bertz CT molecular complexity index is 967. The van der Waals surface area contributed by atoms with E-state index < -0.39 is 33.3 Å². The maximum absolute atomic E-state index is 14.4. The number of hydrogen-bond acceptors (Lipinski definition) is 6. The third-order valence-electron chi connectivity index (χ3n) is 4.02. The van der Waals surface area contributed by atoms with E-state index in [1.807, 2.05) is 0 Å². The van der Waals surface area contributed by atoms with E-state index in [-0.39, 0.29) is 31.0 Å². The van der Waals surface area contributed by atoms with E-state index >= 15 is 0 Å². The van der Waals surface area contributed by atoms with Gasteiger partial charge in [0, 0.05) is 25.5 Å². The summed E-state index contributed by atoms with van der Waals surface area (Å²) in [4.78, 5) is 29.7. The Morgan fingerprint density at radius 3 is 2.66 bits per heavy atom. The van der Waals surface area contributed by atoms with Crippen LogP contribution in [-0.4, -0.2) is 50.4 Å². The largest absolute Gasteiger partial charge is 0.466 e. The first-order valence-electron chi connectivity index (χ1n) is 8.85. The minimum Gasteiger partial charge on any atom is -0.466 e. The molecule has 8 nitrogen and oxygen atoms in total. The van der Waals surface area contributed by atoms with Crippen molar-refractivity contribution in [1.29, 1.82) is 0 Å². The summed E-state index contributed by atoms with van der Waals surface area (Å²) in [6, 6.07) is 6.39. The van der Waals surface area contributed by atoms with Crippen molar-refractivity contribution in [2.24, 2.45) is 0 Å². The molecule has 1 heterocycles.